The third kappa shape index (κ3) is 5.03. The van der Waals surface area contributed by atoms with Gasteiger partial charge in [-0.05, 0) is 24.1 Å². The Morgan fingerprint density at radius 3 is 2.59 bits per heavy atom. The third-order valence-corrected chi connectivity index (χ3v) is 5.16. The topological polar surface area (TPSA) is 79.4 Å². The summed E-state index contributed by atoms with van der Waals surface area (Å²) in [7, 11) is 0. The Morgan fingerprint density at radius 1 is 1.10 bits per heavy atom. The minimum absolute atomic E-state index is 0.0194. The first-order valence-corrected chi connectivity index (χ1v) is 9.89. The number of hydrogen-bond donors (Lipinski definition) is 1. The van der Waals surface area contributed by atoms with Gasteiger partial charge in [-0.3, -0.25) is 9.58 Å². The van der Waals surface area contributed by atoms with Crippen LogP contribution in [0.15, 0.2) is 53.3 Å². The third-order valence-electron chi connectivity index (χ3n) is 5.16. The molecule has 0 atom stereocenters. The van der Waals surface area contributed by atoms with Gasteiger partial charge in [0.05, 0.1) is 18.8 Å². The van der Waals surface area contributed by atoms with Crippen molar-refractivity contribution >= 4 is 6.03 Å². The van der Waals surface area contributed by atoms with Gasteiger partial charge in [0.25, 0.3) is 0 Å². The van der Waals surface area contributed by atoms with Crippen LogP contribution in [0.1, 0.15) is 22.6 Å². The largest absolute Gasteiger partial charge is 0.360 e. The average Bonchev–Trinajstić information content (AvgIpc) is 3.39. The van der Waals surface area contributed by atoms with Gasteiger partial charge >= 0.3 is 6.03 Å². The predicted octanol–water partition coefficient (Wildman–Crippen LogP) is 2.26. The number of benzene rings is 1. The van der Waals surface area contributed by atoms with Crippen LogP contribution < -0.4 is 5.32 Å². The number of nitrogens with one attached hydrogen (secondary N) is 1. The van der Waals surface area contributed by atoms with Crippen LogP contribution in [0.2, 0.25) is 0 Å². The van der Waals surface area contributed by atoms with Gasteiger partial charge in [-0.1, -0.05) is 29.4 Å². The molecule has 8 heteroatoms. The van der Waals surface area contributed by atoms with Crippen LogP contribution in [0, 0.1) is 6.92 Å². The van der Waals surface area contributed by atoms with Crippen molar-refractivity contribution in [3.63, 3.8) is 0 Å². The van der Waals surface area contributed by atoms with Crippen LogP contribution in [0.5, 0.6) is 0 Å². The molecule has 2 amide bonds. The fourth-order valence-corrected chi connectivity index (χ4v) is 3.56. The van der Waals surface area contributed by atoms with Crippen LogP contribution in [0.3, 0.4) is 0 Å². The van der Waals surface area contributed by atoms with Crippen molar-refractivity contribution in [2.45, 2.75) is 26.6 Å². The standard InChI is InChI=1S/C21H26N6O2/c1-17-13-20(29-24-17)16-25-9-11-26(12-10-25)21(28)22-14-18-5-2-3-6-19(18)15-27-8-4-7-23-27/h2-8,13H,9-12,14-16H2,1H3,(H,22,28). The van der Waals surface area contributed by atoms with Crippen LogP contribution in [-0.2, 0) is 19.6 Å². The lowest BCUT2D eigenvalue weighted by Gasteiger charge is -2.34. The van der Waals surface area contributed by atoms with E-state index in [0.717, 1.165) is 42.2 Å². The summed E-state index contributed by atoms with van der Waals surface area (Å²) in [6.07, 6.45) is 3.71. The van der Waals surface area contributed by atoms with Gasteiger partial charge < -0.3 is 14.7 Å². The molecule has 3 aromatic rings. The van der Waals surface area contributed by atoms with Gasteiger partial charge in [-0.25, -0.2) is 4.79 Å². The lowest BCUT2D eigenvalue weighted by Crippen LogP contribution is -2.51. The van der Waals surface area contributed by atoms with E-state index in [0.29, 0.717) is 26.2 Å². The number of piperazine rings is 1. The highest BCUT2D eigenvalue weighted by Crippen LogP contribution is 2.12. The van der Waals surface area contributed by atoms with Crippen LogP contribution in [0.25, 0.3) is 0 Å². The molecule has 0 saturated carbocycles. The second-order valence-corrected chi connectivity index (χ2v) is 7.33. The summed E-state index contributed by atoms with van der Waals surface area (Å²) in [4.78, 5) is 16.8. The molecule has 0 radical (unpaired) electrons. The smallest absolute Gasteiger partial charge is 0.317 e. The molecule has 2 aromatic heterocycles. The monoisotopic (exact) mass is 394 g/mol. The Balaban J connectivity index is 1.26. The van der Waals surface area contributed by atoms with Crippen molar-refractivity contribution in [1.82, 2.24) is 30.1 Å². The molecule has 29 heavy (non-hydrogen) atoms. The molecule has 8 nitrogen and oxygen atoms in total. The molecule has 152 valence electrons. The summed E-state index contributed by atoms with van der Waals surface area (Å²) in [6, 6.07) is 12.0. The van der Waals surface area contributed by atoms with Crippen molar-refractivity contribution in [2.75, 3.05) is 26.2 Å². The van der Waals surface area contributed by atoms with Crippen LogP contribution in [-0.4, -0.2) is 56.9 Å². The quantitative estimate of drug-likeness (QED) is 0.694. The molecule has 0 spiro atoms. The summed E-state index contributed by atoms with van der Waals surface area (Å²) in [5.41, 5.74) is 3.16. The van der Waals surface area contributed by atoms with E-state index in [1.165, 1.54) is 0 Å². The van der Waals surface area contributed by atoms with Gasteiger partial charge in [0.1, 0.15) is 0 Å². The summed E-state index contributed by atoms with van der Waals surface area (Å²) < 4.78 is 7.17. The zero-order valence-electron chi connectivity index (χ0n) is 16.6. The second kappa shape index (κ2) is 8.91. The maximum absolute atomic E-state index is 12.6. The summed E-state index contributed by atoms with van der Waals surface area (Å²) >= 11 is 0. The van der Waals surface area contributed by atoms with Crippen molar-refractivity contribution in [1.29, 1.82) is 0 Å². The maximum Gasteiger partial charge on any atom is 0.317 e. The molecule has 0 unspecified atom stereocenters. The van der Waals surface area contributed by atoms with Crippen molar-refractivity contribution in [3.8, 4) is 0 Å². The van der Waals surface area contributed by atoms with E-state index >= 15 is 0 Å². The van der Waals surface area contributed by atoms with Crippen LogP contribution >= 0.6 is 0 Å². The first-order valence-electron chi connectivity index (χ1n) is 9.89. The summed E-state index contributed by atoms with van der Waals surface area (Å²) in [5, 5.41) is 11.3. The number of carbonyl (C=O) groups excluding carboxylic acids is 1. The fraction of sp³-hybridized carbons (Fsp3) is 0.381. The van der Waals surface area contributed by atoms with Crippen molar-refractivity contribution in [3.05, 3.63) is 71.4 Å². The fourth-order valence-electron chi connectivity index (χ4n) is 3.56. The van der Waals surface area contributed by atoms with Gasteiger partial charge in [0.2, 0.25) is 0 Å². The highest BCUT2D eigenvalue weighted by Gasteiger charge is 2.22. The zero-order chi connectivity index (χ0) is 20.1. The molecular weight excluding hydrogens is 368 g/mol. The van der Waals surface area contributed by atoms with E-state index in [2.05, 4.69) is 32.6 Å². The molecule has 1 fully saturated rings. The molecule has 3 heterocycles. The molecule has 1 aliphatic rings. The van der Waals surface area contributed by atoms with Gasteiger partial charge in [0.15, 0.2) is 5.76 Å². The Labute approximate surface area is 170 Å². The lowest BCUT2D eigenvalue weighted by molar-refractivity contribution is 0.127. The zero-order valence-corrected chi connectivity index (χ0v) is 16.6. The molecule has 0 bridgehead atoms. The van der Waals surface area contributed by atoms with E-state index in [1.807, 2.05) is 47.0 Å². The van der Waals surface area contributed by atoms with E-state index in [9.17, 15) is 4.79 Å². The summed E-state index contributed by atoms with van der Waals surface area (Å²) in [5.74, 6) is 0.870. The van der Waals surface area contributed by atoms with E-state index in [-0.39, 0.29) is 6.03 Å². The second-order valence-electron chi connectivity index (χ2n) is 7.33. The van der Waals surface area contributed by atoms with Crippen molar-refractivity contribution < 1.29 is 9.32 Å². The number of aromatic nitrogens is 3. The predicted molar refractivity (Wildman–Crippen MR) is 108 cm³/mol. The molecule has 0 aliphatic carbocycles. The minimum Gasteiger partial charge on any atom is -0.360 e. The number of nitrogens with zero attached hydrogens (tertiary/aromatic N) is 5. The molecule has 4 rings (SSSR count). The maximum atomic E-state index is 12.6. The number of rotatable bonds is 6. The Kier molecular flexibility index (Phi) is 5.90. The number of urea groups is 1. The Bertz CT molecular complexity index is 928. The highest BCUT2D eigenvalue weighted by molar-refractivity contribution is 5.74. The van der Waals surface area contributed by atoms with Crippen LogP contribution in [0.4, 0.5) is 4.79 Å². The van der Waals surface area contributed by atoms with Gasteiger partial charge in [-0.15, -0.1) is 0 Å². The summed E-state index contributed by atoms with van der Waals surface area (Å²) in [6.45, 7) is 6.90. The first-order chi connectivity index (χ1) is 14.2. The average molecular weight is 394 g/mol. The Hall–Kier alpha value is -3.13. The Morgan fingerprint density at radius 2 is 1.90 bits per heavy atom. The van der Waals surface area contributed by atoms with E-state index in [1.54, 1.807) is 6.20 Å². The lowest BCUT2D eigenvalue weighted by atomic mass is 10.1. The minimum atomic E-state index is -0.0194. The number of hydrogen-bond acceptors (Lipinski definition) is 5. The number of amides is 2. The number of aryl methyl sites for hydroxylation is 1. The normalized spacial score (nSPS) is 14.9. The molecular formula is C21H26N6O2. The molecule has 1 aromatic carbocycles. The molecule has 1 N–H and O–H groups in total. The van der Waals surface area contributed by atoms with Gasteiger partial charge in [-0.2, -0.15) is 5.10 Å². The molecule has 1 aliphatic heterocycles. The van der Waals surface area contributed by atoms with Gasteiger partial charge in [0, 0.05) is 51.2 Å². The number of carbonyl (C=O) groups is 1. The first kappa shape index (κ1) is 19.2. The van der Waals surface area contributed by atoms with E-state index in [4.69, 9.17) is 4.52 Å². The van der Waals surface area contributed by atoms with E-state index < -0.39 is 0 Å². The SMILES string of the molecule is Cc1cc(CN2CCN(C(=O)NCc3ccccc3Cn3cccn3)CC2)on1. The molecule has 1 saturated heterocycles. The van der Waals surface area contributed by atoms with Crippen molar-refractivity contribution in [2.24, 2.45) is 0 Å². The highest BCUT2D eigenvalue weighted by atomic mass is 16.5.